The van der Waals surface area contributed by atoms with Gasteiger partial charge in [0.05, 0.1) is 16.4 Å². The number of nitriles is 1. The summed E-state index contributed by atoms with van der Waals surface area (Å²) < 4.78 is 13.3. The van der Waals surface area contributed by atoms with E-state index in [1.54, 1.807) is 29.6 Å². The fraction of sp³-hybridized carbons (Fsp3) is 0.0476. The average molecular weight is 441 g/mol. The van der Waals surface area contributed by atoms with E-state index in [0.717, 1.165) is 6.07 Å². The Morgan fingerprint density at radius 1 is 1.27 bits per heavy atom. The number of halogens is 2. The molecule has 0 saturated carbocycles. The number of rotatable bonds is 5. The molecule has 2 amide bonds. The summed E-state index contributed by atoms with van der Waals surface area (Å²) in [6.07, 6.45) is 1.31. The van der Waals surface area contributed by atoms with Gasteiger partial charge in [-0.25, -0.2) is 9.37 Å². The van der Waals surface area contributed by atoms with Gasteiger partial charge in [-0.2, -0.15) is 5.26 Å². The van der Waals surface area contributed by atoms with Crippen LogP contribution in [0.15, 0.2) is 59.5 Å². The third kappa shape index (κ3) is 4.89. The molecular weight excluding hydrogens is 427 g/mol. The number of anilines is 3. The Morgan fingerprint density at radius 3 is 2.63 bits per heavy atom. The highest BCUT2D eigenvalue weighted by Crippen LogP contribution is 2.29. The Morgan fingerprint density at radius 2 is 2.00 bits per heavy atom. The third-order valence-corrected chi connectivity index (χ3v) is 5.00. The van der Waals surface area contributed by atoms with Crippen molar-refractivity contribution in [3.05, 3.63) is 76.0 Å². The van der Waals surface area contributed by atoms with Crippen LogP contribution in [0.25, 0.3) is 6.08 Å². The minimum absolute atomic E-state index is 0.148. The lowest BCUT2D eigenvalue weighted by atomic mass is 10.2. The number of nitrogens with zero attached hydrogens (tertiary/aromatic N) is 3. The molecule has 0 spiro atoms. The number of aromatic nitrogens is 1. The second kappa shape index (κ2) is 9.31. The highest BCUT2D eigenvalue weighted by atomic mass is 35.5. The van der Waals surface area contributed by atoms with Crippen LogP contribution in [0.2, 0.25) is 5.02 Å². The smallest absolute Gasteiger partial charge is 0.266 e. The Bertz CT molecular complexity index is 1170. The molecule has 1 N–H and O–H groups in total. The van der Waals surface area contributed by atoms with Crippen LogP contribution < -0.4 is 10.2 Å². The van der Waals surface area contributed by atoms with Crippen LogP contribution in [0.1, 0.15) is 12.6 Å². The average Bonchev–Trinajstić information content (AvgIpc) is 3.17. The van der Waals surface area contributed by atoms with E-state index in [0.29, 0.717) is 16.5 Å². The molecule has 150 valence electrons. The van der Waals surface area contributed by atoms with Crippen molar-refractivity contribution in [1.82, 2.24) is 4.98 Å². The minimum Gasteiger partial charge on any atom is -0.321 e. The first-order valence-electron chi connectivity index (χ1n) is 8.58. The summed E-state index contributed by atoms with van der Waals surface area (Å²) in [5, 5.41) is 13.7. The number of hydrogen-bond donors (Lipinski definition) is 1. The maximum absolute atomic E-state index is 13.3. The van der Waals surface area contributed by atoms with Crippen LogP contribution in [0.3, 0.4) is 0 Å². The number of hydrogen-bond acceptors (Lipinski definition) is 5. The number of amides is 2. The normalized spacial score (nSPS) is 10.9. The molecule has 0 saturated heterocycles. The summed E-state index contributed by atoms with van der Waals surface area (Å²) in [5.74, 6) is -1.53. The highest BCUT2D eigenvalue weighted by Gasteiger charge is 2.18. The molecule has 0 aliphatic heterocycles. The molecule has 0 unspecified atom stereocenters. The van der Waals surface area contributed by atoms with Crippen LogP contribution in [0.5, 0.6) is 0 Å². The van der Waals surface area contributed by atoms with Gasteiger partial charge in [-0.05, 0) is 36.4 Å². The molecule has 0 bridgehead atoms. The van der Waals surface area contributed by atoms with E-state index in [1.165, 1.54) is 41.4 Å². The quantitative estimate of drug-likeness (QED) is 0.438. The Kier molecular flexibility index (Phi) is 6.57. The van der Waals surface area contributed by atoms with Gasteiger partial charge in [0.25, 0.3) is 5.91 Å². The topological polar surface area (TPSA) is 86.1 Å². The first-order chi connectivity index (χ1) is 14.4. The lowest BCUT2D eigenvalue weighted by molar-refractivity contribution is -0.116. The predicted octanol–water partition coefficient (Wildman–Crippen LogP) is 5.17. The van der Waals surface area contributed by atoms with Gasteiger partial charge >= 0.3 is 0 Å². The molecular formula is C21H14ClFN4O2S. The Hall–Kier alpha value is -3.54. The van der Waals surface area contributed by atoms with Crippen molar-refractivity contribution in [2.24, 2.45) is 0 Å². The molecule has 9 heteroatoms. The summed E-state index contributed by atoms with van der Waals surface area (Å²) >= 11 is 6.90. The number of carbonyl (C=O) groups excluding carboxylic acids is 2. The number of benzene rings is 2. The van der Waals surface area contributed by atoms with Gasteiger partial charge in [-0.1, -0.05) is 29.8 Å². The zero-order valence-corrected chi connectivity index (χ0v) is 17.2. The summed E-state index contributed by atoms with van der Waals surface area (Å²) in [6, 6.07) is 14.5. The molecule has 0 atom stereocenters. The van der Waals surface area contributed by atoms with Gasteiger partial charge in [0, 0.05) is 18.0 Å². The van der Waals surface area contributed by atoms with E-state index in [-0.39, 0.29) is 22.2 Å². The van der Waals surface area contributed by atoms with Crippen molar-refractivity contribution in [1.29, 1.82) is 5.26 Å². The van der Waals surface area contributed by atoms with Crippen molar-refractivity contribution in [3.8, 4) is 6.07 Å². The van der Waals surface area contributed by atoms with Crippen LogP contribution >= 0.6 is 22.9 Å². The zero-order chi connectivity index (χ0) is 21.7. The molecule has 0 fully saturated rings. The fourth-order valence-electron chi connectivity index (χ4n) is 2.52. The predicted molar refractivity (Wildman–Crippen MR) is 115 cm³/mol. The first-order valence-corrected chi connectivity index (χ1v) is 9.84. The van der Waals surface area contributed by atoms with E-state index >= 15 is 0 Å². The maximum atomic E-state index is 13.3. The molecule has 6 nitrogen and oxygen atoms in total. The summed E-state index contributed by atoms with van der Waals surface area (Å²) in [7, 11) is 0. The number of nitrogens with one attached hydrogen (secondary N) is 1. The van der Waals surface area contributed by atoms with Gasteiger partial charge in [-0.3, -0.25) is 14.5 Å². The SMILES string of the molecule is CC(=O)N(c1ccccc1)c1nc(/C=C(\C#N)C(=O)Nc2ccc(F)c(Cl)c2)cs1. The van der Waals surface area contributed by atoms with Crippen LogP contribution in [-0.4, -0.2) is 16.8 Å². The second-order valence-electron chi connectivity index (χ2n) is 6.00. The van der Waals surface area contributed by atoms with Crippen LogP contribution in [-0.2, 0) is 9.59 Å². The molecule has 3 rings (SSSR count). The molecule has 0 radical (unpaired) electrons. The van der Waals surface area contributed by atoms with Crippen molar-refractivity contribution in [2.45, 2.75) is 6.92 Å². The minimum atomic E-state index is -0.693. The number of para-hydroxylation sites is 1. The number of thiazole rings is 1. The van der Waals surface area contributed by atoms with E-state index in [9.17, 15) is 19.2 Å². The van der Waals surface area contributed by atoms with Crippen LogP contribution in [0.4, 0.5) is 20.9 Å². The summed E-state index contributed by atoms with van der Waals surface area (Å²) in [5.41, 5.74) is 1.04. The lowest BCUT2D eigenvalue weighted by Gasteiger charge is -2.17. The molecule has 0 aliphatic carbocycles. The van der Waals surface area contributed by atoms with Crippen molar-refractivity contribution >= 4 is 57.3 Å². The third-order valence-electron chi connectivity index (χ3n) is 3.87. The molecule has 30 heavy (non-hydrogen) atoms. The van der Waals surface area contributed by atoms with E-state index in [2.05, 4.69) is 10.3 Å². The largest absolute Gasteiger partial charge is 0.321 e. The summed E-state index contributed by atoms with van der Waals surface area (Å²) in [4.78, 5) is 30.3. The molecule has 1 heterocycles. The van der Waals surface area contributed by atoms with Gasteiger partial charge in [0.1, 0.15) is 17.5 Å². The summed E-state index contributed by atoms with van der Waals surface area (Å²) in [6.45, 7) is 1.42. The maximum Gasteiger partial charge on any atom is 0.266 e. The lowest BCUT2D eigenvalue weighted by Crippen LogP contribution is -2.22. The van der Waals surface area contributed by atoms with Crippen LogP contribution in [0, 0.1) is 17.1 Å². The number of carbonyl (C=O) groups is 2. The monoisotopic (exact) mass is 440 g/mol. The van der Waals surface area contributed by atoms with Crippen molar-refractivity contribution < 1.29 is 14.0 Å². The van der Waals surface area contributed by atoms with Crippen molar-refractivity contribution in [2.75, 3.05) is 10.2 Å². The standard InChI is InChI=1S/C21H14ClFN4O2S/c1-13(28)27(17-5-3-2-4-6-17)21-26-16(12-30-21)9-14(11-24)20(29)25-15-7-8-19(23)18(22)10-15/h2-10,12H,1H3,(H,25,29)/b14-9+. The molecule has 1 aromatic heterocycles. The molecule has 3 aromatic rings. The highest BCUT2D eigenvalue weighted by molar-refractivity contribution is 7.14. The van der Waals surface area contributed by atoms with E-state index in [4.69, 9.17) is 11.6 Å². The Labute approximate surface area is 180 Å². The zero-order valence-electron chi connectivity index (χ0n) is 15.6. The fourth-order valence-corrected chi connectivity index (χ4v) is 3.54. The van der Waals surface area contributed by atoms with E-state index in [1.807, 2.05) is 12.1 Å². The van der Waals surface area contributed by atoms with Crippen molar-refractivity contribution in [3.63, 3.8) is 0 Å². The first kappa shape index (κ1) is 21.2. The van der Waals surface area contributed by atoms with Gasteiger partial charge < -0.3 is 5.32 Å². The van der Waals surface area contributed by atoms with Gasteiger partial charge in [-0.15, -0.1) is 11.3 Å². The second-order valence-corrected chi connectivity index (χ2v) is 7.24. The Balaban J connectivity index is 1.84. The molecule has 2 aromatic carbocycles. The van der Waals surface area contributed by atoms with Gasteiger partial charge in [0.2, 0.25) is 5.91 Å². The van der Waals surface area contributed by atoms with E-state index < -0.39 is 11.7 Å². The molecule has 0 aliphatic rings. The van der Waals surface area contributed by atoms with Gasteiger partial charge in [0.15, 0.2) is 5.13 Å².